The van der Waals surface area contributed by atoms with Crippen LogP contribution in [0.15, 0.2) is 18.2 Å². The summed E-state index contributed by atoms with van der Waals surface area (Å²) in [5, 5.41) is -0.667. The summed E-state index contributed by atoms with van der Waals surface area (Å²) in [4.78, 5) is 0. The molecule has 18 heavy (non-hydrogen) atoms. The number of benzene rings is 1. The Balaban J connectivity index is 0.00000120. The molecule has 0 aromatic heterocycles. The summed E-state index contributed by atoms with van der Waals surface area (Å²) < 4.78 is 38.4. The van der Waals surface area contributed by atoms with Crippen molar-refractivity contribution in [2.75, 3.05) is 0 Å². The van der Waals surface area contributed by atoms with Gasteiger partial charge in [-0.25, -0.2) is 0 Å². The maximum Gasteiger partial charge on any atom is 1.00 e. The largest absolute Gasteiger partial charge is 1.00 e. The van der Waals surface area contributed by atoms with Crippen LogP contribution in [-0.4, -0.2) is 6.98 Å². The van der Waals surface area contributed by atoms with Crippen LogP contribution in [0.1, 0.15) is 30.4 Å². The van der Waals surface area contributed by atoms with Gasteiger partial charge in [-0.1, -0.05) is 42.2 Å². The van der Waals surface area contributed by atoms with E-state index in [-0.39, 0.29) is 76.1 Å². The van der Waals surface area contributed by atoms with E-state index in [4.69, 9.17) is 11.6 Å². The van der Waals surface area contributed by atoms with Crippen LogP contribution in [0.25, 0.3) is 0 Å². The Labute approximate surface area is 152 Å². The molecule has 92 valence electrons. The van der Waals surface area contributed by atoms with Crippen molar-refractivity contribution in [3.63, 3.8) is 0 Å². The van der Waals surface area contributed by atoms with Crippen LogP contribution in [0.4, 0.5) is 12.9 Å². The maximum absolute atomic E-state index is 12.8. The molecule has 3 aliphatic rings. The summed E-state index contributed by atoms with van der Waals surface area (Å²) in [5.41, 5.74) is 1.87. The van der Waals surface area contributed by atoms with Gasteiger partial charge in [0.2, 0.25) is 0 Å². The van der Waals surface area contributed by atoms with Crippen LogP contribution in [0, 0.1) is 6.92 Å². The van der Waals surface area contributed by atoms with Crippen LogP contribution < -0.4 is 51.4 Å². The first-order valence-electron chi connectivity index (χ1n) is 5.74. The van der Waals surface area contributed by atoms with E-state index in [9.17, 15) is 12.9 Å². The minimum atomic E-state index is -4.68. The first-order chi connectivity index (χ1) is 7.78. The normalized spacial score (nSPS) is 33.2. The number of hydrogen-bond donors (Lipinski definition) is 0. The third-order valence-corrected chi connectivity index (χ3v) is 4.76. The van der Waals surface area contributed by atoms with Gasteiger partial charge >= 0.3 is 58.4 Å². The molecule has 3 fully saturated rings. The van der Waals surface area contributed by atoms with Crippen molar-refractivity contribution in [2.24, 2.45) is 0 Å². The molecule has 0 radical (unpaired) electrons. The van der Waals surface area contributed by atoms with Crippen LogP contribution in [0.5, 0.6) is 0 Å². The average Bonchev–Trinajstić information content (AvgIpc) is 2.01. The molecule has 3 saturated carbocycles. The van der Waals surface area contributed by atoms with Crippen molar-refractivity contribution in [1.29, 1.82) is 0 Å². The predicted molar refractivity (Wildman–Crippen MR) is 63.5 cm³/mol. The molecule has 0 N–H and O–H groups in total. The topological polar surface area (TPSA) is 0 Å². The van der Waals surface area contributed by atoms with Gasteiger partial charge < -0.3 is 12.9 Å². The van der Waals surface area contributed by atoms with Crippen molar-refractivity contribution < 1.29 is 64.3 Å². The van der Waals surface area contributed by atoms with Crippen molar-refractivity contribution in [2.45, 2.75) is 36.9 Å². The average molecular weight is 299 g/mol. The van der Waals surface area contributed by atoms with E-state index in [1.165, 1.54) is 0 Å². The first kappa shape index (κ1) is 15.4. The summed E-state index contributed by atoms with van der Waals surface area (Å²) in [7, 11) is 0. The molecule has 1 aromatic rings. The molecule has 0 unspecified atom stereocenters. The van der Waals surface area contributed by atoms with Crippen molar-refractivity contribution in [1.82, 2.24) is 0 Å². The Hall–Kier alpha value is 1.00. The van der Waals surface area contributed by atoms with E-state index in [0.717, 1.165) is 11.1 Å². The van der Waals surface area contributed by atoms with Crippen molar-refractivity contribution >= 4 is 18.6 Å². The molecule has 2 bridgehead atoms. The van der Waals surface area contributed by atoms with Gasteiger partial charge in [0.25, 0.3) is 0 Å². The van der Waals surface area contributed by atoms with Gasteiger partial charge in [0, 0.05) is 5.02 Å². The van der Waals surface area contributed by atoms with Gasteiger partial charge in [-0.15, -0.1) is 0 Å². The number of aryl methyl sites for hydroxylation is 1. The number of halogens is 4. The molecular formula is C12H12BClF3K. The van der Waals surface area contributed by atoms with Gasteiger partial charge in [-0.2, -0.15) is 0 Å². The summed E-state index contributed by atoms with van der Waals surface area (Å²) >= 11 is 5.86. The molecule has 0 amide bonds. The van der Waals surface area contributed by atoms with E-state index in [1.54, 1.807) is 6.07 Å². The molecule has 0 atom stereocenters. The molecular weight excluding hydrogens is 286 g/mol. The maximum atomic E-state index is 12.8. The monoisotopic (exact) mass is 298 g/mol. The van der Waals surface area contributed by atoms with Crippen LogP contribution in [0.3, 0.4) is 0 Å². The molecule has 0 nitrogen and oxygen atoms in total. The van der Waals surface area contributed by atoms with Gasteiger partial charge in [0.15, 0.2) is 0 Å². The summed E-state index contributed by atoms with van der Waals surface area (Å²) in [6.07, 6.45) is 0.851. The molecule has 6 heteroatoms. The zero-order valence-corrected chi connectivity index (χ0v) is 14.3. The third kappa shape index (κ3) is 1.97. The van der Waals surface area contributed by atoms with Crippen LogP contribution in [0.2, 0.25) is 10.3 Å². The van der Waals surface area contributed by atoms with Crippen molar-refractivity contribution in [3.05, 3.63) is 34.3 Å². The van der Waals surface area contributed by atoms with Crippen LogP contribution in [-0.2, 0) is 5.41 Å². The minimum absolute atomic E-state index is 0. The molecule has 1 aromatic carbocycles. The Kier molecular flexibility index (Phi) is 3.85. The van der Waals surface area contributed by atoms with E-state index >= 15 is 0 Å². The summed E-state index contributed by atoms with van der Waals surface area (Å²) in [6, 6.07) is 5.50. The SMILES string of the molecule is Cc1cc(Cl)ccc1C12CC([B-](F)(F)F)(C1)C2.[K+]. The first-order valence-corrected chi connectivity index (χ1v) is 6.12. The molecule has 4 rings (SSSR count). The molecule has 3 aliphatic carbocycles. The fourth-order valence-corrected chi connectivity index (χ4v) is 3.95. The zero-order valence-electron chi connectivity index (χ0n) is 10.4. The molecule has 0 aliphatic heterocycles. The van der Waals surface area contributed by atoms with Crippen LogP contribution >= 0.6 is 11.6 Å². The molecule has 0 heterocycles. The second-order valence-corrected chi connectivity index (χ2v) is 6.14. The smallest absolute Gasteiger partial charge is 0.449 e. The fraction of sp³-hybridized carbons (Fsp3) is 0.500. The Bertz CT molecular complexity index is 481. The summed E-state index contributed by atoms with van der Waals surface area (Å²) in [6.45, 7) is -2.75. The van der Waals surface area contributed by atoms with E-state index in [0.29, 0.717) is 5.02 Å². The molecule has 0 spiro atoms. The predicted octanol–water partition coefficient (Wildman–Crippen LogP) is 1.68. The quantitative estimate of drug-likeness (QED) is 0.729. The molecule has 0 saturated heterocycles. The summed E-state index contributed by atoms with van der Waals surface area (Å²) in [5.74, 6) is 0. The van der Waals surface area contributed by atoms with Gasteiger partial charge in [-0.3, -0.25) is 0 Å². The van der Waals surface area contributed by atoms with E-state index in [2.05, 4.69) is 0 Å². The van der Waals surface area contributed by atoms with E-state index < -0.39 is 12.3 Å². The van der Waals surface area contributed by atoms with Gasteiger partial charge in [0.1, 0.15) is 0 Å². The standard InChI is InChI=1S/C12H12BClF3.K/c1-8-4-9(14)2-3-10(8)11-5-12(6-11,7-11)13(15,16)17;/h2-4H,5-7H2,1H3;/q-1;+1. The fourth-order valence-electron chi connectivity index (χ4n) is 3.72. The van der Waals surface area contributed by atoms with E-state index in [1.807, 2.05) is 19.1 Å². The number of rotatable bonds is 2. The second kappa shape index (κ2) is 4.50. The Morgan fingerprint density at radius 2 is 1.72 bits per heavy atom. The van der Waals surface area contributed by atoms with Gasteiger partial charge in [-0.05, 0) is 35.6 Å². The minimum Gasteiger partial charge on any atom is -0.449 e. The van der Waals surface area contributed by atoms with Crippen molar-refractivity contribution in [3.8, 4) is 0 Å². The second-order valence-electron chi connectivity index (χ2n) is 5.71. The Morgan fingerprint density at radius 1 is 1.17 bits per heavy atom. The zero-order chi connectivity index (χ0) is 12.5. The Morgan fingerprint density at radius 3 is 2.17 bits per heavy atom. The third-order valence-electron chi connectivity index (χ3n) is 4.53. The number of hydrogen-bond acceptors (Lipinski definition) is 0. The van der Waals surface area contributed by atoms with Gasteiger partial charge in [0.05, 0.1) is 0 Å².